The van der Waals surface area contributed by atoms with Crippen molar-refractivity contribution in [1.29, 1.82) is 0 Å². The van der Waals surface area contributed by atoms with Crippen molar-refractivity contribution in [2.45, 2.75) is 37.5 Å². The van der Waals surface area contributed by atoms with Crippen molar-refractivity contribution in [2.75, 3.05) is 6.61 Å². The van der Waals surface area contributed by atoms with Crippen molar-refractivity contribution >= 4 is 15.9 Å². The first-order valence-electron chi connectivity index (χ1n) is 11.8. The molecule has 3 aromatic rings. The number of halogens is 1. The largest absolute Gasteiger partial charge is 0.498 e. The van der Waals surface area contributed by atoms with Crippen LogP contribution in [0.4, 0.5) is 0 Å². The molecule has 1 unspecified atom stereocenters. The molecule has 0 spiro atoms. The minimum atomic E-state index is -0.136. The first kappa shape index (κ1) is 22.0. The van der Waals surface area contributed by atoms with Gasteiger partial charge in [0.1, 0.15) is 0 Å². The highest BCUT2D eigenvalue weighted by atomic mass is 79.9. The molecule has 1 nitrogen and oxygen atoms in total. The molecule has 166 valence electrons. The van der Waals surface area contributed by atoms with Crippen LogP contribution in [0.2, 0.25) is 0 Å². The summed E-state index contributed by atoms with van der Waals surface area (Å²) in [4.78, 5) is 0. The van der Waals surface area contributed by atoms with Crippen LogP contribution in [0.25, 0.3) is 11.1 Å². The van der Waals surface area contributed by atoms with Crippen LogP contribution >= 0.6 is 15.9 Å². The summed E-state index contributed by atoms with van der Waals surface area (Å²) >= 11 is 3.74. The SMILES string of the molecule is C=CC1=CC=C(OCCCCC2(c3ccccc3)c3ccccc3-c3ccc(Br)cc32)CC1. The van der Waals surface area contributed by atoms with Gasteiger partial charge < -0.3 is 4.74 Å². The van der Waals surface area contributed by atoms with E-state index in [1.165, 1.54) is 33.4 Å². The van der Waals surface area contributed by atoms with Crippen molar-refractivity contribution in [2.24, 2.45) is 0 Å². The highest BCUT2D eigenvalue weighted by molar-refractivity contribution is 9.10. The Morgan fingerprint density at radius 2 is 1.64 bits per heavy atom. The zero-order valence-electron chi connectivity index (χ0n) is 18.9. The summed E-state index contributed by atoms with van der Waals surface area (Å²) in [5.74, 6) is 1.10. The second-order valence-corrected chi connectivity index (χ2v) is 9.81. The van der Waals surface area contributed by atoms with Gasteiger partial charge in [0.05, 0.1) is 12.4 Å². The Balaban J connectivity index is 1.41. The van der Waals surface area contributed by atoms with E-state index in [2.05, 4.69) is 107 Å². The third-order valence-electron chi connectivity index (χ3n) is 7.02. The van der Waals surface area contributed by atoms with Crippen LogP contribution in [0.15, 0.2) is 113 Å². The predicted octanol–water partition coefficient (Wildman–Crippen LogP) is 8.74. The molecule has 0 radical (unpaired) electrons. The molecule has 33 heavy (non-hydrogen) atoms. The van der Waals surface area contributed by atoms with Gasteiger partial charge in [-0.3, -0.25) is 0 Å². The molecule has 0 bridgehead atoms. The monoisotopic (exact) mass is 496 g/mol. The van der Waals surface area contributed by atoms with E-state index < -0.39 is 0 Å². The quantitative estimate of drug-likeness (QED) is 0.283. The topological polar surface area (TPSA) is 9.23 Å². The van der Waals surface area contributed by atoms with Crippen LogP contribution in [-0.4, -0.2) is 6.61 Å². The van der Waals surface area contributed by atoms with E-state index in [1.807, 2.05) is 6.08 Å². The summed E-state index contributed by atoms with van der Waals surface area (Å²) in [6.07, 6.45) is 11.3. The number of unbranched alkanes of at least 4 members (excludes halogenated alkanes) is 1. The van der Waals surface area contributed by atoms with Crippen LogP contribution in [-0.2, 0) is 10.2 Å². The Hall–Kier alpha value is -2.84. The minimum Gasteiger partial charge on any atom is -0.498 e. The third-order valence-corrected chi connectivity index (χ3v) is 7.52. The Labute approximate surface area is 205 Å². The first-order valence-corrected chi connectivity index (χ1v) is 12.6. The zero-order chi connectivity index (χ0) is 22.7. The van der Waals surface area contributed by atoms with Crippen LogP contribution in [0.3, 0.4) is 0 Å². The van der Waals surface area contributed by atoms with Gasteiger partial charge in [0.15, 0.2) is 0 Å². The number of fused-ring (bicyclic) bond motifs is 3. The van der Waals surface area contributed by atoms with Gasteiger partial charge in [-0.2, -0.15) is 0 Å². The average Bonchev–Trinajstić information content (AvgIpc) is 3.14. The molecule has 2 aliphatic carbocycles. The van der Waals surface area contributed by atoms with Gasteiger partial charge >= 0.3 is 0 Å². The van der Waals surface area contributed by atoms with Crippen LogP contribution in [0.5, 0.6) is 0 Å². The van der Waals surface area contributed by atoms with Gasteiger partial charge in [-0.15, -0.1) is 0 Å². The molecule has 3 aromatic carbocycles. The summed E-state index contributed by atoms with van der Waals surface area (Å²) in [7, 11) is 0. The number of ether oxygens (including phenoxy) is 1. The molecule has 0 saturated heterocycles. The molecule has 0 amide bonds. The number of benzene rings is 3. The summed E-state index contributed by atoms with van der Waals surface area (Å²) in [6.45, 7) is 4.63. The molecule has 0 aliphatic heterocycles. The van der Waals surface area contributed by atoms with Crippen LogP contribution in [0, 0.1) is 0 Å². The maximum atomic E-state index is 6.11. The Kier molecular flexibility index (Phi) is 6.37. The first-order chi connectivity index (χ1) is 16.2. The standard InChI is InChI=1S/C31H29BrO/c1-2-23-14-17-26(18-15-23)33-21-9-8-20-31(24-10-4-3-5-11-24)29-13-7-6-12-27(29)28-19-16-25(32)22-30(28)31/h2-7,10-14,16-17,19,22H,1,8-9,15,18,20-21H2. The van der Waals surface area contributed by atoms with Crippen molar-refractivity contribution in [1.82, 2.24) is 0 Å². The molecule has 0 heterocycles. The van der Waals surface area contributed by atoms with Crippen LogP contribution in [0.1, 0.15) is 48.8 Å². The van der Waals surface area contributed by atoms with E-state index in [0.29, 0.717) is 0 Å². The zero-order valence-corrected chi connectivity index (χ0v) is 20.5. The molecular formula is C31H29BrO. The van der Waals surface area contributed by atoms with Crippen molar-refractivity contribution in [3.63, 3.8) is 0 Å². The van der Waals surface area contributed by atoms with Gasteiger partial charge in [0, 0.05) is 16.3 Å². The minimum absolute atomic E-state index is 0.136. The Morgan fingerprint density at radius 3 is 2.42 bits per heavy atom. The summed E-state index contributed by atoms with van der Waals surface area (Å²) in [6, 6.07) is 26.7. The van der Waals surface area contributed by atoms with E-state index in [0.717, 1.165) is 48.9 Å². The Bertz CT molecular complexity index is 1220. The van der Waals surface area contributed by atoms with Crippen molar-refractivity contribution in [3.05, 3.63) is 130 Å². The fourth-order valence-corrected chi connectivity index (χ4v) is 5.77. The van der Waals surface area contributed by atoms with E-state index in [9.17, 15) is 0 Å². The summed E-state index contributed by atoms with van der Waals surface area (Å²) in [5, 5.41) is 0. The fourth-order valence-electron chi connectivity index (χ4n) is 5.41. The molecule has 2 aliphatic rings. The van der Waals surface area contributed by atoms with Crippen LogP contribution < -0.4 is 0 Å². The lowest BCUT2D eigenvalue weighted by Gasteiger charge is -2.33. The second kappa shape index (κ2) is 9.57. The van der Waals surface area contributed by atoms with E-state index in [4.69, 9.17) is 4.74 Å². The van der Waals surface area contributed by atoms with Gasteiger partial charge in [-0.05, 0) is 77.3 Å². The number of hydrogen-bond acceptors (Lipinski definition) is 1. The molecule has 0 saturated carbocycles. The average molecular weight is 497 g/mol. The highest BCUT2D eigenvalue weighted by Crippen LogP contribution is 2.55. The Morgan fingerprint density at radius 1 is 0.848 bits per heavy atom. The maximum Gasteiger partial charge on any atom is 0.0963 e. The fraction of sp³-hybridized carbons (Fsp3) is 0.226. The number of hydrogen-bond donors (Lipinski definition) is 0. The molecule has 0 fully saturated rings. The van der Waals surface area contributed by atoms with Gasteiger partial charge in [0.2, 0.25) is 0 Å². The number of allylic oxidation sites excluding steroid dienone is 5. The van der Waals surface area contributed by atoms with E-state index in [1.54, 1.807) is 0 Å². The van der Waals surface area contributed by atoms with Crippen molar-refractivity contribution < 1.29 is 4.74 Å². The molecule has 5 rings (SSSR count). The number of rotatable bonds is 8. The molecular weight excluding hydrogens is 468 g/mol. The highest BCUT2D eigenvalue weighted by Gasteiger charge is 2.43. The molecule has 1 atom stereocenters. The molecule has 2 heteroatoms. The van der Waals surface area contributed by atoms with Gasteiger partial charge in [0.25, 0.3) is 0 Å². The molecule has 0 aromatic heterocycles. The van der Waals surface area contributed by atoms with E-state index >= 15 is 0 Å². The smallest absolute Gasteiger partial charge is 0.0963 e. The normalized spacial score (nSPS) is 18.7. The van der Waals surface area contributed by atoms with Gasteiger partial charge in [-0.1, -0.05) is 95.3 Å². The maximum absolute atomic E-state index is 6.11. The van der Waals surface area contributed by atoms with Crippen molar-refractivity contribution in [3.8, 4) is 11.1 Å². The van der Waals surface area contributed by atoms with Gasteiger partial charge in [-0.25, -0.2) is 0 Å². The van der Waals surface area contributed by atoms with E-state index in [-0.39, 0.29) is 5.41 Å². The molecule has 0 N–H and O–H groups in total. The summed E-state index contributed by atoms with van der Waals surface area (Å²) < 4.78 is 7.25. The third kappa shape index (κ3) is 4.13. The summed E-state index contributed by atoms with van der Waals surface area (Å²) in [5.41, 5.74) is 8.06. The second-order valence-electron chi connectivity index (χ2n) is 8.89. The lowest BCUT2D eigenvalue weighted by Crippen LogP contribution is -2.27. The lowest BCUT2D eigenvalue weighted by molar-refractivity contribution is 0.193. The predicted molar refractivity (Wildman–Crippen MR) is 141 cm³/mol. The lowest BCUT2D eigenvalue weighted by atomic mass is 9.69.